The summed E-state index contributed by atoms with van der Waals surface area (Å²) in [7, 11) is 1.29. The number of rotatable bonds is 4. The number of hydrogen-bond donors (Lipinski definition) is 0. The third kappa shape index (κ3) is 2.85. The van der Waals surface area contributed by atoms with Crippen LogP contribution in [0, 0.1) is 0 Å². The van der Waals surface area contributed by atoms with Crippen LogP contribution in [-0.2, 0) is 16.1 Å². The zero-order valence-electron chi connectivity index (χ0n) is 8.44. The van der Waals surface area contributed by atoms with Crippen molar-refractivity contribution in [3.8, 4) is 0 Å². The Kier molecular flexibility index (Phi) is 3.64. The lowest BCUT2D eigenvalue weighted by atomic mass is 10.5. The number of ether oxygens (including phenoxy) is 2. The molecule has 0 N–H and O–H groups in total. The van der Waals surface area contributed by atoms with Gasteiger partial charge in [-0.25, -0.2) is 9.78 Å². The van der Waals surface area contributed by atoms with E-state index in [2.05, 4.69) is 9.72 Å². The highest BCUT2D eigenvalue weighted by molar-refractivity contribution is 5.86. The molecule has 0 aliphatic heterocycles. The minimum Gasteiger partial charge on any atom is -0.464 e. The first-order valence-electron chi connectivity index (χ1n) is 4.27. The Labute approximate surface area is 82.0 Å². The third-order valence-corrected chi connectivity index (χ3v) is 1.49. The van der Waals surface area contributed by atoms with Gasteiger partial charge in [-0.1, -0.05) is 0 Å². The fourth-order valence-corrected chi connectivity index (χ4v) is 0.813. The molecule has 0 unspecified atom stereocenters. The van der Waals surface area contributed by atoms with Gasteiger partial charge >= 0.3 is 5.97 Å². The molecule has 1 aromatic rings. The van der Waals surface area contributed by atoms with Crippen molar-refractivity contribution in [3.63, 3.8) is 0 Å². The molecular weight excluding hydrogens is 186 g/mol. The van der Waals surface area contributed by atoms with Gasteiger partial charge in [-0.05, 0) is 13.8 Å². The molecule has 0 aliphatic carbocycles. The molecular formula is C9H13NO4. The van der Waals surface area contributed by atoms with Crippen molar-refractivity contribution in [2.45, 2.75) is 26.6 Å². The standard InChI is InChI=1S/C9H13NO4/c1-6(2)13-5-8-10-7(4-14-8)9(11)12-3/h4,6H,5H2,1-3H3. The number of oxazole rings is 1. The van der Waals surface area contributed by atoms with Crippen molar-refractivity contribution in [2.75, 3.05) is 7.11 Å². The summed E-state index contributed by atoms with van der Waals surface area (Å²) in [4.78, 5) is 14.9. The van der Waals surface area contributed by atoms with Gasteiger partial charge in [0.2, 0.25) is 5.89 Å². The van der Waals surface area contributed by atoms with Crippen LogP contribution in [0.2, 0.25) is 0 Å². The Bertz CT molecular complexity index is 306. The molecule has 0 radical (unpaired) electrons. The maximum atomic E-state index is 11.0. The molecule has 5 heteroatoms. The van der Waals surface area contributed by atoms with Gasteiger partial charge in [-0.15, -0.1) is 0 Å². The molecule has 0 saturated heterocycles. The Morgan fingerprint density at radius 2 is 2.36 bits per heavy atom. The SMILES string of the molecule is COC(=O)c1coc(COC(C)C)n1. The molecule has 0 aromatic carbocycles. The fourth-order valence-electron chi connectivity index (χ4n) is 0.813. The Morgan fingerprint density at radius 3 is 2.93 bits per heavy atom. The largest absolute Gasteiger partial charge is 0.464 e. The van der Waals surface area contributed by atoms with Gasteiger partial charge < -0.3 is 13.9 Å². The molecule has 0 saturated carbocycles. The zero-order chi connectivity index (χ0) is 10.6. The summed E-state index contributed by atoms with van der Waals surface area (Å²) in [5.74, 6) is -0.136. The molecule has 1 heterocycles. The summed E-state index contributed by atoms with van der Waals surface area (Å²) >= 11 is 0. The molecule has 1 rings (SSSR count). The number of carbonyl (C=O) groups is 1. The van der Waals surface area contributed by atoms with E-state index in [1.165, 1.54) is 13.4 Å². The highest BCUT2D eigenvalue weighted by atomic mass is 16.5. The second kappa shape index (κ2) is 4.76. The molecule has 0 fully saturated rings. The van der Waals surface area contributed by atoms with E-state index in [0.717, 1.165) is 0 Å². The number of aromatic nitrogens is 1. The molecule has 0 bridgehead atoms. The summed E-state index contributed by atoms with van der Waals surface area (Å²) in [5.41, 5.74) is 0.162. The Balaban J connectivity index is 2.55. The van der Waals surface area contributed by atoms with Crippen LogP contribution in [0.4, 0.5) is 0 Å². The Morgan fingerprint density at radius 1 is 1.64 bits per heavy atom. The van der Waals surface area contributed by atoms with E-state index in [1.54, 1.807) is 0 Å². The minimum atomic E-state index is -0.510. The van der Waals surface area contributed by atoms with Crippen LogP contribution in [0.5, 0.6) is 0 Å². The van der Waals surface area contributed by atoms with E-state index < -0.39 is 5.97 Å². The van der Waals surface area contributed by atoms with Gasteiger partial charge in [-0.3, -0.25) is 0 Å². The molecule has 0 atom stereocenters. The molecule has 14 heavy (non-hydrogen) atoms. The first-order chi connectivity index (χ1) is 6.63. The lowest BCUT2D eigenvalue weighted by Gasteiger charge is -2.02. The molecule has 5 nitrogen and oxygen atoms in total. The second-order valence-corrected chi connectivity index (χ2v) is 2.98. The van der Waals surface area contributed by atoms with E-state index in [0.29, 0.717) is 5.89 Å². The molecule has 0 spiro atoms. The number of carbonyl (C=O) groups excluding carboxylic acids is 1. The van der Waals surface area contributed by atoms with Crippen molar-refractivity contribution in [3.05, 3.63) is 17.8 Å². The number of esters is 1. The summed E-state index contributed by atoms with van der Waals surface area (Å²) < 4.78 is 14.7. The van der Waals surface area contributed by atoms with Crippen LogP contribution in [0.15, 0.2) is 10.7 Å². The molecule has 1 aromatic heterocycles. The van der Waals surface area contributed by atoms with Crippen LogP contribution < -0.4 is 0 Å². The van der Waals surface area contributed by atoms with Gasteiger partial charge in [0.05, 0.1) is 13.2 Å². The van der Waals surface area contributed by atoms with Crippen molar-refractivity contribution >= 4 is 5.97 Å². The zero-order valence-corrected chi connectivity index (χ0v) is 8.44. The van der Waals surface area contributed by atoms with Gasteiger partial charge in [0.25, 0.3) is 0 Å². The topological polar surface area (TPSA) is 61.6 Å². The predicted molar refractivity (Wildman–Crippen MR) is 47.8 cm³/mol. The van der Waals surface area contributed by atoms with Gasteiger partial charge in [-0.2, -0.15) is 0 Å². The molecule has 0 aliphatic rings. The van der Waals surface area contributed by atoms with E-state index in [9.17, 15) is 4.79 Å². The van der Waals surface area contributed by atoms with E-state index >= 15 is 0 Å². The van der Waals surface area contributed by atoms with Crippen molar-refractivity contribution in [2.24, 2.45) is 0 Å². The molecule has 78 valence electrons. The predicted octanol–water partition coefficient (Wildman–Crippen LogP) is 1.39. The van der Waals surface area contributed by atoms with Crippen LogP contribution >= 0.6 is 0 Å². The second-order valence-electron chi connectivity index (χ2n) is 2.98. The van der Waals surface area contributed by atoms with Gasteiger partial charge in [0, 0.05) is 0 Å². The summed E-state index contributed by atoms with van der Waals surface area (Å²) in [6.45, 7) is 4.07. The lowest BCUT2D eigenvalue weighted by molar-refractivity contribution is 0.0516. The van der Waals surface area contributed by atoms with Crippen molar-refractivity contribution in [1.82, 2.24) is 4.98 Å². The monoisotopic (exact) mass is 199 g/mol. The highest BCUT2D eigenvalue weighted by Crippen LogP contribution is 2.05. The highest BCUT2D eigenvalue weighted by Gasteiger charge is 2.12. The maximum Gasteiger partial charge on any atom is 0.360 e. The van der Waals surface area contributed by atoms with Crippen molar-refractivity contribution < 1.29 is 18.7 Å². The first-order valence-corrected chi connectivity index (χ1v) is 4.27. The fraction of sp³-hybridized carbons (Fsp3) is 0.556. The van der Waals surface area contributed by atoms with E-state index in [4.69, 9.17) is 9.15 Å². The summed E-state index contributed by atoms with van der Waals surface area (Å²) in [5, 5.41) is 0. The third-order valence-electron chi connectivity index (χ3n) is 1.49. The number of methoxy groups -OCH3 is 1. The molecule has 0 amide bonds. The average molecular weight is 199 g/mol. The normalized spacial score (nSPS) is 10.6. The maximum absolute atomic E-state index is 11.0. The summed E-state index contributed by atoms with van der Waals surface area (Å²) in [6.07, 6.45) is 1.36. The lowest BCUT2D eigenvalue weighted by Crippen LogP contribution is -2.04. The minimum absolute atomic E-state index is 0.100. The smallest absolute Gasteiger partial charge is 0.360 e. The quantitative estimate of drug-likeness (QED) is 0.685. The van der Waals surface area contributed by atoms with Crippen LogP contribution in [0.25, 0.3) is 0 Å². The number of nitrogens with zero attached hydrogens (tertiary/aromatic N) is 1. The first kappa shape index (κ1) is 10.7. The van der Waals surface area contributed by atoms with Gasteiger partial charge in [0.15, 0.2) is 5.69 Å². The van der Waals surface area contributed by atoms with Gasteiger partial charge in [0.1, 0.15) is 12.9 Å². The van der Waals surface area contributed by atoms with E-state index in [-0.39, 0.29) is 18.4 Å². The Hall–Kier alpha value is -1.36. The number of hydrogen-bond acceptors (Lipinski definition) is 5. The van der Waals surface area contributed by atoms with E-state index in [1.807, 2.05) is 13.8 Å². The van der Waals surface area contributed by atoms with Crippen LogP contribution in [0.1, 0.15) is 30.2 Å². The summed E-state index contributed by atoms with van der Waals surface area (Å²) in [6, 6.07) is 0. The van der Waals surface area contributed by atoms with Crippen molar-refractivity contribution in [1.29, 1.82) is 0 Å². The average Bonchev–Trinajstić information content (AvgIpc) is 2.62. The van der Waals surface area contributed by atoms with Crippen LogP contribution in [0.3, 0.4) is 0 Å². The van der Waals surface area contributed by atoms with Crippen LogP contribution in [-0.4, -0.2) is 24.2 Å².